The zero-order valence-electron chi connectivity index (χ0n) is 16.9. The molecule has 0 aromatic heterocycles. The molecule has 3 rings (SSSR count). The van der Waals surface area contributed by atoms with Gasteiger partial charge < -0.3 is 0 Å². The molecule has 0 bridgehead atoms. The maximum Gasteiger partial charge on any atom is 0.422 e. The van der Waals surface area contributed by atoms with E-state index in [2.05, 4.69) is 0 Å². The van der Waals surface area contributed by atoms with Gasteiger partial charge in [-0.2, -0.15) is 13.2 Å². The highest BCUT2D eigenvalue weighted by Crippen LogP contribution is 2.36. The fourth-order valence-corrected chi connectivity index (χ4v) is 3.54. The van der Waals surface area contributed by atoms with Crippen LogP contribution >= 0.6 is 0 Å². The predicted molar refractivity (Wildman–Crippen MR) is 105 cm³/mol. The zero-order valence-corrected chi connectivity index (χ0v) is 16.9. The van der Waals surface area contributed by atoms with Crippen molar-refractivity contribution in [3.63, 3.8) is 0 Å². The minimum atomic E-state index is -5.23. The second-order valence-electron chi connectivity index (χ2n) is 7.41. The molecule has 0 N–H and O–H groups in total. The van der Waals surface area contributed by atoms with E-state index in [1.54, 1.807) is 0 Å². The first-order valence-electron chi connectivity index (χ1n) is 9.83. The van der Waals surface area contributed by atoms with Crippen LogP contribution in [0.1, 0.15) is 35.6 Å². The molecule has 0 unspecified atom stereocenters. The average molecular weight is 458 g/mol. The van der Waals surface area contributed by atoms with E-state index >= 15 is 0 Å². The standard InChI is InChI=1S/C24H18F8/c1-2-3-14-9-19(26)17(20(27)10-14)7-5-13-4-6-16(18(25)8-13)15-11-21(28)23(22(29)12-15)24(30,31)32/h4,6,8-12H,2-3,5,7H2,1H3. The van der Waals surface area contributed by atoms with E-state index in [0.717, 1.165) is 18.6 Å². The molecule has 0 saturated carbocycles. The largest absolute Gasteiger partial charge is 0.422 e. The summed E-state index contributed by atoms with van der Waals surface area (Å²) in [6.45, 7) is 1.88. The molecule has 0 nitrogen and oxygen atoms in total. The summed E-state index contributed by atoms with van der Waals surface area (Å²) in [4.78, 5) is 0. The van der Waals surface area contributed by atoms with E-state index in [1.165, 1.54) is 18.2 Å². The lowest BCUT2D eigenvalue weighted by atomic mass is 9.97. The van der Waals surface area contributed by atoms with Crippen LogP contribution in [0, 0.1) is 29.1 Å². The molecule has 0 fully saturated rings. The van der Waals surface area contributed by atoms with Crippen molar-refractivity contribution in [3.8, 4) is 11.1 Å². The Morgan fingerprint density at radius 3 is 1.69 bits per heavy atom. The van der Waals surface area contributed by atoms with Crippen molar-refractivity contribution >= 4 is 0 Å². The van der Waals surface area contributed by atoms with Gasteiger partial charge in [-0.05, 0) is 66.3 Å². The minimum Gasteiger partial charge on any atom is -0.207 e. The predicted octanol–water partition coefficient (Wildman–Crippen LogP) is 7.81. The molecule has 170 valence electrons. The van der Waals surface area contributed by atoms with E-state index in [4.69, 9.17) is 0 Å². The lowest BCUT2D eigenvalue weighted by Crippen LogP contribution is -2.11. The van der Waals surface area contributed by atoms with Gasteiger partial charge in [0.1, 0.15) is 34.6 Å². The van der Waals surface area contributed by atoms with E-state index in [9.17, 15) is 35.1 Å². The maximum absolute atomic E-state index is 14.5. The Labute approximate surface area is 179 Å². The van der Waals surface area contributed by atoms with Crippen molar-refractivity contribution in [3.05, 3.63) is 93.8 Å². The molecular formula is C24H18F8. The summed E-state index contributed by atoms with van der Waals surface area (Å²) in [6, 6.07) is 6.90. The van der Waals surface area contributed by atoms with Crippen molar-refractivity contribution in [1.29, 1.82) is 0 Å². The normalized spacial score (nSPS) is 11.8. The number of hydrogen-bond acceptors (Lipinski definition) is 0. The molecule has 0 spiro atoms. The zero-order chi connectivity index (χ0) is 23.6. The number of benzene rings is 3. The van der Waals surface area contributed by atoms with Gasteiger partial charge in [-0.25, -0.2) is 22.0 Å². The molecule has 0 aliphatic heterocycles. The van der Waals surface area contributed by atoms with Gasteiger partial charge in [-0.15, -0.1) is 0 Å². The van der Waals surface area contributed by atoms with Gasteiger partial charge in [-0.1, -0.05) is 25.5 Å². The van der Waals surface area contributed by atoms with E-state index in [1.807, 2.05) is 6.92 Å². The summed E-state index contributed by atoms with van der Waals surface area (Å²) in [5.74, 6) is -6.02. The molecule has 0 aliphatic rings. The molecule has 0 amide bonds. The Hall–Kier alpha value is -2.90. The van der Waals surface area contributed by atoms with Crippen molar-refractivity contribution in [2.24, 2.45) is 0 Å². The summed E-state index contributed by atoms with van der Waals surface area (Å²) in [7, 11) is 0. The molecular weight excluding hydrogens is 440 g/mol. The Morgan fingerprint density at radius 1 is 0.625 bits per heavy atom. The summed E-state index contributed by atoms with van der Waals surface area (Å²) in [6.07, 6.45) is -3.93. The van der Waals surface area contributed by atoms with Gasteiger partial charge in [0.15, 0.2) is 0 Å². The second-order valence-corrected chi connectivity index (χ2v) is 7.41. The van der Waals surface area contributed by atoms with Gasteiger partial charge in [-0.3, -0.25) is 0 Å². The Morgan fingerprint density at radius 2 is 1.19 bits per heavy atom. The molecule has 32 heavy (non-hydrogen) atoms. The highest BCUT2D eigenvalue weighted by Gasteiger charge is 2.38. The molecule has 3 aromatic carbocycles. The maximum atomic E-state index is 14.5. The van der Waals surface area contributed by atoms with E-state index in [-0.39, 0.29) is 24.0 Å². The lowest BCUT2D eigenvalue weighted by molar-refractivity contribution is -0.142. The summed E-state index contributed by atoms with van der Waals surface area (Å²) < 4.78 is 109. The van der Waals surface area contributed by atoms with Gasteiger partial charge in [0.25, 0.3) is 0 Å². The van der Waals surface area contributed by atoms with Crippen molar-refractivity contribution < 1.29 is 35.1 Å². The van der Waals surface area contributed by atoms with E-state index < -0.39 is 46.4 Å². The molecule has 3 aromatic rings. The number of rotatable bonds is 6. The van der Waals surface area contributed by atoms with Gasteiger partial charge in [0.2, 0.25) is 0 Å². The van der Waals surface area contributed by atoms with Crippen LogP contribution in [0.4, 0.5) is 35.1 Å². The number of aryl methyl sites for hydroxylation is 2. The first-order valence-corrected chi connectivity index (χ1v) is 9.83. The molecule has 0 heterocycles. The van der Waals surface area contributed by atoms with Gasteiger partial charge >= 0.3 is 6.18 Å². The fourth-order valence-electron chi connectivity index (χ4n) is 3.54. The molecule has 8 heteroatoms. The highest BCUT2D eigenvalue weighted by atomic mass is 19.4. The monoisotopic (exact) mass is 458 g/mol. The first kappa shape index (κ1) is 23.8. The van der Waals surface area contributed by atoms with E-state index in [0.29, 0.717) is 29.7 Å². The smallest absolute Gasteiger partial charge is 0.207 e. The van der Waals surface area contributed by atoms with Crippen molar-refractivity contribution in [1.82, 2.24) is 0 Å². The number of hydrogen-bond donors (Lipinski definition) is 0. The van der Waals surface area contributed by atoms with Crippen molar-refractivity contribution in [2.45, 2.75) is 38.8 Å². The lowest BCUT2D eigenvalue weighted by Gasteiger charge is -2.12. The fraction of sp³-hybridized carbons (Fsp3) is 0.250. The van der Waals surface area contributed by atoms with Gasteiger partial charge in [0, 0.05) is 11.1 Å². The summed E-state index contributed by atoms with van der Waals surface area (Å²) in [5, 5.41) is 0. The van der Waals surface area contributed by atoms with Gasteiger partial charge in [0.05, 0.1) is 0 Å². The minimum absolute atomic E-state index is 0.0492. The van der Waals surface area contributed by atoms with Crippen LogP contribution in [0.25, 0.3) is 11.1 Å². The van der Waals surface area contributed by atoms with Crippen LogP contribution in [0.15, 0.2) is 42.5 Å². The Balaban J connectivity index is 1.82. The number of alkyl halides is 3. The third kappa shape index (κ3) is 5.11. The SMILES string of the molecule is CCCc1cc(F)c(CCc2ccc(-c3cc(F)c(C(F)(F)F)c(F)c3)c(F)c2)c(F)c1. The quantitative estimate of drug-likeness (QED) is 0.331. The average Bonchev–Trinajstić information content (AvgIpc) is 2.66. The molecule has 0 aliphatic carbocycles. The summed E-state index contributed by atoms with van der Waals surface area (Å²) in [5.41, 5.74) is -2.00. The Kier molecular flexibility index (Phi) is 6.91. The third-order valence-corrected chi connectivity index (χ3v) is 5.07. The summed E-state index contributed by atoms with van der Waals surface area (Å²) >= 11 is 0. The molecule has 0 radical (unpaired) electrons. The van der Waals surface area contributed by atoms with Crippen LogP contribution in [0.5, 0.6) is 0 Å². The van der Waals surface area contributed by atoms with Crippen LogP contribution in [-0.4, -0.2) is 0 Å². The topological polar surface area (TPSA) is 0 Å². The van der Waals surface area contributed by atoms with Crippen LogP contribution in [-0.2, 0) is 25.4 Å². The second kappa shape index (κ2) is 9.30. The van der Waals surface area contributed by atoms with Crippen LogP contribution in [0.3, 0.4) is 0 Å². The van der Waals surface area contributed by atoms with Crippen LogP contribution < -0.4 is 0 Å². The van der Waals surface area contributed by atoms with Crippen LogP contribution in [0.2, 0.25) is 0 Å². The highest BCUT2D eigenvalue weighted by molar-refractivity contribution is 5.65. The molecule has 0 atom stereocenters. The molecule has 0 saturated heterocycles. The first-order chi connectivity index (χ1) is 15.0. The van der Waals surface area contributed by atoms with Crippen molar-refractivity contribution in [2.75, 3.05) is 0 Å². The number of halogens is 8. The third-order valence-electron chi connectivity index (χ3n) is 5.07. The Bertz CT molecular complexity index is 1090.